The van der Waals surface area contributed by atoms with Crippen molar-refractivity contribution in [2.75, 3.05) is 6.26 Å². The Morgan fingerprint density at radius 3 is 2.47 bits per heavy atom. The quantitative estimate of drug-likeness (QED) is 0.850. The topological polar surface area (TPSA) is 73.1 Å². The minimum Gasteiger partial charge on any atom is -0.408 e. The Kier molecular flexibility index (Phi) is 3.11. The maximum absolute atomic E-state index is 11.2. The van der Waals surface area contributed by atoms with Gasteiger partial charge >= 0.3 is 5.22 Å². The summed E-state index contributed by atoms with van der Waals surface area (Å²) >= 11 is 11.7. The molecule has 90 valence electrons. The molecule has 0 fully saturated rings. The predicted molar refractivity (Wildman–Crippen MR) is 62.9 cm³/mol. The first-order valence-electron chi connectivity index (χ1n) is 4.37. The second-order valence-electron chi connectivity index (χ2n) is 3.27. The van der Waals surface area contributed by atoms with Crippen molar-refractivity contribution in [3.8, 4) is 11.5 Å². The van der Waals surface area contributed by atoms with Crippen LogP contribution in [0.1, 0.15) is 0 Å². The monoisotopic (exact) mass is 292 g/mol. The Labute approximate surface area is 107 Å². The molecule has 0 radical (unpaired) electrons. The molecule has 5 nitrogen and oxygen atoms in total. The van der Waals surface area contributed by atoms with Crippen LogP contribution >= 0.6 is 23.2 Å². The first-order valence-corrected chi connectivity index (χ1v) is 7.01. The smallest absolute Gasteiger partial charge is 0.335 e. The van der Waals surface area contributed by atoms with E-state index in [1.807, 2.05) is 0 Å². The fraction of sp³-hybridized carbons (Fsp3) is 0.111. The SMILES string of the molecule is CS(=O)(=O)c1nnc(-c2ccc(Cl)cc2Cl)o1. The van der Waals surface area contributed by atoms with Crippen molar-refractivity contribution in [1.82, 2.24) is 10.2 Å². The number of hydrogen-bond acceptors (Lipinski definition) is 5. The molecular formula is C9H6Cl2N2O3S. The zero-order valence-electron chi connectivity index (χ0n) is 8.52. The lowest BCUT2D eigenvalue weighted by atomic mass is 10.2. The molecule has 1 aromatic heterocycles. The Bertz CT molecular complexity index is 667. The molecule has 0 aliphatic carbocycles. The summed E-state index contributed by atoms with van der Waals surface area (Å²) in [6.07, 6.45) is 0.980. The van der Waals surface area contributed by atoms with Crippen LogP contribution in [-0.4, -0.2) is 24.9 Å². The van der Waals surface area contributed by atoms with E-state index >= 15 is 0 Å². The van der Waals surface area contributed by atoms with Gasteiger partial charge in [0.05, 0.1) is 10.6 Å². The van der Waals surface area contributed by atoms with Gasteiger partial charge in [-0.2, -0.15) is 0 Å². The summed E-state index contributed by atoms with van der Waals surface area (Å²) in [5.74, 6) is 0.0343. The van der Waals surface area contributed by atoms with Crippen LogP contribution in [0.3, 0.4) is 0 Å². The Balaban J connectivity index is 2.51. The van der Waals surface area contributed by atoms with Crippen molar-refractivity contribution >= 4 is 33.0 Å². The summed E-state index contributed by atoms with van der Waals surface area (Å²) in [5.41, 5.74) is 0.429. The van der Waals surface area contributed by atoms with Crippen molar-refractivity contribution < 1.29 is 12.8 Å². The summed E-state index contributed by atoms with van der Waals surface area (Å²) in [6.45, 7) is 0. The van der Waals surface area contributed by atoms with Gasteiger partial charge in [0.2, 0.25) is 15.7 Å². The molecule has 0 aliphatic heterocycles. The minimum atomic E-state index is -3.52. The minimum absolute atomic E-state index is 0.0343. The molecule has 17 heavy (non-hydrogen) atoms. The van der Waals surface area contributed by atoms with Gasteiger partial charge in [-0.05, 0) is 18.2 Å². The molecular weight excluding hydrogens is 287 g/mol. The number of sulfone groups is 1. The second kappa shape index (κ2) is 4.29. The summed E-state index contributed by atoms with van der Waals surface area (Å²) in [6, 6.07) is 4.67. The lowest BCUT2D eigenvalue weighted by Crippen LogP contribution is -1.96. The maximum Gasteiger partial charge on any atom is 0.335 e. The van der Waals surface area contributed by atoms with Gasteiger partial charge in [0, 0.05) is 11.3 Å². The van der Waals surface area contributed by atoms with E-state index in [-0.39, 0.29) is 5.89 Å². The third kappa shape index (κ3) is 2.59. The number of benzene rings is 1. The number of aromatic nitrogens is 2. The van der Waals surface area contributed by atoms with Crippen LogP contribution in [0, 0.1) is 0 Å². The van der Waals surface area contributed by atoms with E-state index in [1.165, 1.54) is 6.07 Å². The Morgan fingerprint density at radius 1 is 1.24 bits per heavy atom. The largest absolute Gasteiger partial charge is 0.408 e. The standard InChI is InChI=1S/C9H6Cl2N2O3S/c1-17(14,15)9-13-12-8(16-9)6-3-2-5(10)4-7(6)11/h2-4H,1H3. The van der Waals surface area contributed by atoms with Crippen molar-refractivity contribution in [3.05, 3.63) is 28.2 Å². The van der Waals surface area contributed by atoms with Gasteiger partial charge in [0.15, 0.2) is 0 Å². The molecule has 1 heterocycles. The molecule has 0 saturated carbocycles. The second-order valence-corrected chi connectivity index (χ2v) is 6.01. The fourth-order valence-electron chi connectivity index (χ4n) is 1.13. The molecule has 0 N–H and O–H groups in total. The number of hydrogen-bond donors (Lipinski definition) is 0. The Hall–Kier alpha value is -1.11. The summed E-state index contributed by atoms with van der Waals surface area (Å²) in [7, 11) is -3.52. The van der Waals surface area contributed by atoms with Gasteiger partial charge in [-0.15, -0.1) is 5.10 Å². The normalized spacial score (nSPS) is 11.7. The average Bonchev–Trinajstić information content (AvgIpc) is 2.65. The van der Waals surface area contributed by atoms with Gasteiger partial charge in [-0.3, -0.25) is 0 Å². The van der Waals surface area contributed by atoms with Crippen molar-refractivity contribution in [1.29, 1.82) is 0 Å². The van der Waals surface area contributed by atoms with E-state index in [0.29, 0.717) is 15.6 Å². The first-order chi connectivity index (χ1) is 7.88. The molecule has 8 heteroatoms. The van der Waals surface area contributed by atoms with E-state index in [2.05, 4.69) is 10.2 Å². The number of nitrogens with zero attached hydrogens (tertiary/aromatic N) is 2. The molecule has 1 aromatic carbocycles. The lowest BCUT2D eigenvalue weighted by molar-refractivity contribution is 0.442. The van der Waals surface area contributed by atoms with Gasteiger partial charge in [0.25, 0.3) is 0 Å². The van der Waals surface area contributed by atoms with Crippen LogP contribution in [0.4, 0.5) is 0 Å². The van der Waals surface area contributed by atoms with Crippen LogP contribution in [0.5, 0.6) is 0 Å². The highest BCUT2D eigenvalue weighted by Gasteiger charge is 2.18. The third-order valence-corrected chi connectivity index (χ3v) is 3.23. The summed E-state index contributed by atoms with van der Waals surface area (Å²) < 4.78 is 27.3. The van der Waals surface area contributed by atoms with Crippen LogP contribution in [0.15, 0.2) is 27.8 Å². The van der Waals surface area contributed by atoms with Gasteiger partial charge in [0.1, 0.15) is 0 Å². The molecule has 0 spiro atoms. The molecule has 2 aromatic rings. The van der Waals surface area contributed by atoms with Gasteiger partial charge in [-0.25, -0.2) is 8.42 Å². The molecule has 0 bridgehead atoms. The van der Waals surface area contributed by atoms with E-state index < -0.39 is 15.1 Å². The fourth-order valence-corrected chi connectivity index (χ4v) is 2.04. The first kappa shape index (κ1) is 12.3. The molecule has 0 atom stereocenters. The highest BCUT2D eigenvalue weighted by Crippen LogP contribution is 2.29. The van der Waals surface area contributed by atoms with E-state index in [0.717, 1.165) is 6.26 Å². The van der Waals surface area contributed by atoms with Crippen LogP contribution in [0.2, 0.25) is 10.0 Å². The van der Waals surface area contributed by atoms with Crippen molar-refractivity contribution in [2.45, 2.75) is 5.22 Å². The summed E-state index contributed by atoms with van der Waals surface area (Å²) in [4.78, 5) is 0. The average molecular weight is 293 g/mol. The van der Waals surface area contributed by atoms with Crippen LogP contribution in [0.25, 0.3) is 11.5 Å². The highest BCUT2D eigenvalue weighted by atomic mass is 35.5. The van der Waals surface area contributed by atoms with Crippen molar-refractivity contribution in [3.63, 3.8) is 0 Å². The third-order valence-electron chi connectivity index (χ3n) is 1.89. The highest BCUT2D eigenvalue weighted by molar-refractivity contribution is 7.90. The molecule has 0 saturated heterocycles. The number of rotatable bonds is 2. The summed E-state index contributed by atoms with van der Waals surface area (Å²) in [5, 5.41) is 7.37. The molecule has 2 rings (SSSR count). The van der Waals surface area contributed by atoms with Gasteiger partial charge in [-0.1, -0.05) is 28.3 Å². The molecule has 0 amide bonds. The Morgan fingerprint density at radius 2 is 1.94 bits per heavy atom. The predicted octanol–water partition coefficient (Wildman–Crippen LogP) is 2.45. The van der Waals surface area contributed by atoms with Crippen molar-refractivity contribution in [2.24, 2.45) is 0 Å². The zero-order valence-corrected chi connectivity index (χ0v) is 10.8. The van der Waals surface area contributed by atoms with Gasteiger partial charge < -0.3 is 4.42 Å². The van der Waals surface area contributed by atoms with E-state index in [4.69, 9.17) is 27.6 Å². The van der Waals surface area contributed by atoms with E-state index in [9.17, 15) is 8.42 Å². The van der Waals surface area contributed by atoms with Crippen LogP contribution in [-0.2, 0) is 9.84 Å². The van der Waals surface area contributed by atoms with E-state index in [1.54, 1.807) is 12.1 Å². The maximum atomic E-state index is 11.2. The van der Waals surface area contributed by atoms with Crippen LogP contribution < -0.4 is 0 Å². The molecule has 0 aliphatic rings. The molecule has 0 unspecified atom stereocenters. The number of halogens is 2. The lowest BCUT2D eigenvalue weighted by Gasteiger charge is -1.98. The zero-order chi connectivity index (χ0) is 12.6.